The largest absolute Gasteiger partial charge is 0.507 e. The van der Waals surface area contributed by atoms with E-state index in [0.717, 1.165) is 39.0 Å². The van der Waals surface area contributed by atoms with Gasteiger partial charge in [0.25, 0.3) is 0 Å². The molecule has 3 aromatic rings. The molecule has 0 radical (unpaired) electrons. The zero-order chi connectivity index (χ0) is 17.4. The molecule has 0 saturated heterocycles. The highest BCUT2D eigenvalue weighted by Crippen LogP contribution is 2.45. The molecule has 3 N–H and O–H groups in total. The lowest BCUT2D eigenvalue weighted by atomic mass is 9.91. The van der Waals surface area contributed by atoms with Crippen LogP contribution < -0.4 is 15.2 Å². The van der Waals surface area contributed by atoms with E-state index in [0.29, 0.717) is 11.3 Å². The van der Waals surface area contributed by atoms with E-state index in [2.05, 4.69) is 0 Å². The quantitative estimate of drug-likeness (QED) is 0.700. The molecule has 0 atom stereocenters. The Balaban J connectivity index is 2.44. The molecule has 124 valence electrons. The zero-order valence-corrected chi connectivity index (χ0v) is 14.3. The summed E-state index contributed by atoms with van der Waals surface area (Å²) in [6, 6.07) is 11.2. The average Bonchev–Trinajstić information content (AvgIpc) is 2.56. The van der Waals surface area contributed by atoms with Gasteiger partial charge >= 0.3 is 0 Å². The van der Waals surface area contributed by atoms with Crippen molar-refractivity contribution in [3.63, 3.8) is 0 Å². The van der Waals surface area contributed by atoms with Gasteiger partial charge in [-0.1, -0.05) is 12.1 Å². The van der Waals surface area contributed by atoms with Gasteiger partial charge in [-0.05, 0) is 54.4 Å². The van der Waals surface area contributed by atoms with Gasteiger partial charge in [0, 0.05) is 22.4 Å². The van der Waals surface area contributed by atoms with Crippen molar-refractivity contribution in [1.82, 2.24) is 0 Å². The third-order valence-corrected chi connectivity index (χ3v) is 4.40. The summed E-state index contributed by atoms with van der Waals surface area (Å²) < 4.78 is 10.9. The van der Waals surface area contributed by atoms with E-state index in [1.54, 1.807) is 20.3 Å². The van der Waals surface area contributed by atoms with Gasteiger partial charge in [-0.2, -0.15) is 0 Å². The summed E-state index contributed by atoms with van der Waals surface area (Å²) >= 11 is 0. The molecular weight excluding hydrogens is 302 g/mol. The number of hydrogen-bond acceptors (Lipinski definition) is 4. The maximum Gasteiger partial charge on any atom is 0.125 e. The number of fused-ring (bicyclic) bond motifs is 1. The van der Waals surface area contributed by atoms with E-state index in [1.807, 2.05) is 44.2 Å². The predicted molar refractivity (Wildman–Crippen MR) is 98.0 cm³/mol. The van der Waals surface area contributed by atoms with Crippen molar-refractivity contribution in [1.29, 1.82) is 0 Å². The summed E-state index contributed by atoms with van der Waals surface area (Å²) in [5.74, 6) is 1.68. The van der Waals surface area contributed by atoms with Crippen LogP contribution in [0.15, 0.2) is 36.4 Å². The van der Waals surface area contributed by atoms with E-state index in [-0.39, 0.29) is 5.75 Å². The smallest absolute Gasteiger partial charge is 0.125 e. The first kappa shape index (κ1) is 16.0. The van der Waals surface area contributed by atoms with Crippen molar-refractivity contribution < 1.29 is 14.6 Å². The van der Waals surface area contributed by atoms with Crippen LogP contribution in [-0.2, 0) is 0 Å². The van der Waals surface area contributed by atoms with Crippen molar-refractivity contribution in [3.05, 3.63) is 47.5 Å². The van der Waals surface area contributed by atoms with Crippen LogP contribution in [0.5, 0.6) is 17.2 Å². The molecule has 24 heavy (non-hydrogen) atoms. The predicted octanol–water partition coefficient (Wildman–Crippen LogP) is 4.43. The fourth-order valence-electron chi connectivity index (χ4n) is 3.32. The Labute approximate surface area is 141 Å². The highest BCUT2D eigenvalue weighted by atomic mass is 16.5. The fourth-order valence-corrected chi connectivity index (χ4v) is 3.32. The Hall–Kier alpha value is -2.88. The first-order chi connectivity index (χ1) is 11.5. The molecule has 0 heterocycles. The SMILES string of the molecule is COc1ccc2ccc(O)c(-c3c(N)cc(C)c(OC)c3C)c2c1. The maximum absolute atomic E-state index is 10.6. The number of nitrogens with two attached hydrogens (primary N) is 1. The molecular formula is C20H21NO3. The number of nitrogen functional groups attached to an aromatic ring is 1. The van der Waals surface area contributed by atoms with Crippen LogP contribution in [-0.4, -0.2) is 19.3 Å². The molecule has 0 fully saturated rings. The number of aromatic hydroxyl groups is 1. The van der Waals surface area contributed by atoms with Gasteiger partial charge in [-0.3, -0.25) is 0 Å². The molecule has 0 spiro atoms. The molecule has 0 saturated carbocycles. The van der Waals surface area contributed by atoms with Gasteiger partial charge in [0.2, 0.25) is 0 Å². The number of phenolic OH excluding ortho intramolecular Hbond substituents is 1. The van der Waals surface area contributed by atoms with E-state index in [1.165, 1.54) is 0 Å². The topological polar surface area (TPSA) is 64.7 Å². The fraction of sp³-hybridized carbons (Fsp3) is 0.200. The Morgan fingerprint density at radius 1 is 0.917 bits per heavy atom. The summed E-state index contributed by atoms with van der Waals surface area (Å²) in [6.45, 7) is 3.91. The van der Waals surface area contributed by atoms with Gasteiger partial charge in [0.05, 0.1) is 14.2 Å². The van der Waals surface area contributed by atoms with Gasteiger partial charge < -0.3 is 20.3 Å². The summed E-state index contributed by atoms with van der Waals surface area (Å²) in [5, 5.41) is 12.5. The van der Waals surface area contributed by atoms with Crippen LogP contribution in [0, 0.1) is 13.8 Å². The first-order valence-electron chi connectivity index (χ1n) is 7.71. The number of hydrogen-bond donors (Lipinski definition) is 2. The van der Waals surface area contributed by atoms with Gasteiger partial charge in [0.1, 0.15) is 17.2 Å². The number of phenols is 1. The van der Waals surface area contributed by atoms with E-state index in [4.69, 9.17) is 15.2 Å². The van der Waals surface area contributed by atoms with Gasteiger partial charge in [0.15, 0.2) is 0 Å². The zero-order valence-electron chi connectivity index (χ0n) is 14.3. The van der Waals surface area contributed by atoms with Crippen LogP contribution in [0.4, 0.5) is 5.69 Å². The van der Waals surface area contributed by atoms with Crippen LogP contribution in [0.3, 0.4) is 0 Å². The highest BCUT2D eigenvalue weighted by Gasteiger charge is 2.19. The average molecular weight is 323 g/mol. The molecule has 0 unspecified atom stereocenters. The maximum atomic E-state index is 10.6. The highest BCUT2D eigenvalue weighted by molar-refractivity contribution is 6.04. The Morgan fingerprint density at radius 3 is 2.29 bits per heavy atom. The Morgan fingerprint density at radius 2 is 1.62 bits per heavy atom. The van der Waals surface area contributed by atoms with Gasteiger partial charge in [-0.15, -0.1) is 0 Å². The molecule has 4 nitrogen and oxygen atoms in total. The van der Waals surface area contributed by atoms with E-state index in [9.17, 15) is 5.11 Å². The molecule has 0 bridgehead atoms. The van der Waals surface area contributed by atoms with Crippen molar-refractivity contribution in [2.45, 2.75) is 13.8 Å². The first-order valence-corrected chi connectivity index (χ1v) is 7.71. The van der Waals surface area contributed by atoms with Crippen molar-refractivity contribution in [2.24, 2.45) is 0 Å². The third kappa shape index (κ3) is 2.40. The van der Waals surface area contributed by atoms with Crippen molar-refractivity contribution in [3.8, 4) is 28.4 Å². The summed E-state index contributed by atoms with van der Waals surface area (Å²) in [6.07, 6.45) is 0. The van der Waals surface area contributed by atoms with Crippen LogP contribution >= 0.6 is 0 Å². The minimum absolute atomic E-state index is 0.177. The number of anilines is 1. The molecule has 0 aliphatic heterocycles. The van der Waals surface area contributed by atoms with Gasteiger partial charge in [-0.25, -0.2) is 0 Å². The number of benzene rings is 3. The minimum atomic E-state index is 0.177. The number of rotatable bonds is 3. The Kier molecular flexibility index (Phi) is 3.97. The van der Waals surface area contributed by atoms with Crippen LogP contribution in [0.2, 0.25) is 0 Å². The molecule has 3 rings (SSSR count). The number of methoxy groups -OCH3 is 2. The minimum Gasteiger partial charge on any atom is -0.507 e. The third-order valence-electron chi connectivity index (χ3n) is 4.40. The Bertz CT molecular complexity index is 932. The lowest BCUT2D eigenvalue weighted by molar-refractivity contribution is 0.409. The van der Waals surface area contributed by atoms with Crippen LogP contribution in [0.25, 0.3) is 21.9 Å². The second-order valence-electron chi connectivity index (χ2n) is 5.86. The number of ether oxygens (including phenoxy) is 2. The standard InChI is InChI=1S/C20H21NO3/c1-11-9-16(21)18(12(2)20(11)24-4)19-15-10-14(23-3)7-5-13(15)6-8-17(19)22/h5-10,22H,21H2,1-4H3. The lowest BCUT2D eigenvalue weighted by Crippen LogP contribution is -2.00. The van der Waals surface area contributed by atoms with Crippen LogP contribution in [0.1, 0.15) is 11.1 Å². The lowest BCUT2D eigenvalue weighted by Gasteiger charge is -2.19. The molecule has 0 aliphatic rings. The summed E-state index contributed by atoms with van der Waals surface area (Å²) in [4.78, 5) is 0. The molecule has 4 heteroatoms. The van der Waals surface area contributed by atoms with Crippen molar-refractivity contribution >= 4 is 16.5 Å². The summed E-state index contributed by atoms with van der Waals surface area (Å²) in [5.41, 5.74) is 10.3. The van der Waals surface area contributed by atoms with E-state index >= 15 is 0 Å². The van der Waals surface area contributed by atoms with Crippen molar-refractivity contribution in [2.75, 3.05) is 20.0 Å². The molecule has 0 amide bonds. The normalized spacial score (nSPS) is 10.8. The monoisotopic (exact) mass is 323 g/mol. The second kappa shape index (κ2) is 5.96. The molecule has 0 aliphatic carbocycles. The second-order valence-corrected chi connectivity index (χ2v) is 5.86. The molecule has 0 aromatic heterocycles. The summed E-state index contributed by atoms with van der Waals surface area (Å²) in [7, 11) is 3.26. The number of aryl methyl sites for hydroxylation is 1. The van der Waals surface area contributed by atoms with E-state index < -0.39 is 0 Å². The molecule has 3 aromatic carbocycles.